The van der Waals surface area contributed by atoms with Crippen LogP contribution in [0, 0.1) is 11.6 Å². The van der Waals surface area contributed by atoms with E-state index in [-0.39, 0.29) is 37.1 Å². The molecule has 4 heterocycles. The summed E-state index contributed by atoms with van der Waals surface area (Å²) in [7, 11) is 1.47. The van der Waals surface area contributed by atoms with E-state index in [9.17, 15) is 8.78 Å². The molecule has 3 aromatic rings. The summed E-state index contributed by atoms with van der Waals surface area (Å²) in [5, 5.41) is 4.04. The third-order valence-corrected chi connectivity index (χ3v) is 6.35. The van der Waals surface area contributed by atoms with Crippen molar-refractivity contribution < 1.29 is 23.0 Å². The smallest absolute Gasteiger partial charge is 0.231 e. The lowest BCUT2D eigenvalue weighted by Gasteiger charge is -2.32. The first kappa shape index (κ1) is 27.1. The van der Waals surface area contributed by atoms with Gasteiger partial charge in [-0.05, 0) is 38.4 Å². The van der Waals surface area contributed by atoms with Crippen LogP contribution in [0.25, 0.3) is 10.9 Å². The highest BCUT2D eigenvalue weighted by Crippen LogP contribution is 2.31. The van der Waals surface area contributed by atoms with Crippen LogP contribution in [0.3, 0.4) is 0 Å². The summed E-state index contributed by atoms with van der Waals surface area (Å²) in [5.74, 6) is 0.867. The van der Waals surface area contributed by atoms with E-state index in [2.05, 4.69) is 20.2 Å². The summed E-state index contributed by atoms with van der Waals surface area (Å²) < 4.78 is 44.8. The number of aromatic nitrogens is 2. The average molecular weight is 529 g/mol. The number of nitrogens with zero attached hydrogens (tertiary/aromatic N) is 3. The number of piperidine rings is 1. The number of fused-ring (bicyclic) bond motifs is 2. The van der Waals surface area contributed by atoms with Gasteiger partial charge in [-0.2, -0.15) is 0 Å². The van der Waals surface area contributed by atoms with Crippen LogP contribution in [0.2, 0.25) is 0 Å². The summed E-state index contributed by atoms with van der Waals surface area (Å²) in [6, 6.07) is 5.24. The summed E-state index contributed by atoms with van der Waals surface area (Å²) in [6.45, 7) is 3.44. The molecule has 35 heavy (non-hydrogen) atoms. The zero-order valence-corrected chi connectivity index (χ0v) is 20.9. The molecule has 2 aliphatic heterocycles. The van der Waals surface area contributed by atoms with Gasteiger partial charge in [-0.15, -0.1) is 24.8 Å². The maximum Gasteiger partial charge on any atom is 0.231 e. The van der Waals surface area contributed by atoms with Crippen LogP contribution in [-0.4, -0.2) is 54.4 Å². The van der Waals surface area contributed by atoms with Gasteiger partial charge in [0.05, 0.1) is 25.2 Å². The Kier molecular flexibility index (Phi) is 9.29. The van der Waals surface area contributed by atoms with Crippen molar-refractivity contribution in [3.63, 3.8) is 0 Å². The van der Waals surface area contributed by atoms with Crippen molar-refractivity contribution in [1.82, 2.24) is 20.2 Å². The fourth-order valence-corrected chi connectivity index (χ4v) is 4.45. The second-order valence-corrected chi connectivity index (χ2v) is 8.37. The topological polar surface area (TPSA) is 68.7 Å². The van der Waals surface area contributed by atoms with Crippen molar-refractivity contribution in [2.45, 2.75) is 31.8 Å². The number of methoxy groups -OCH3 is 1. The standard InChI is InChI=1S/C24H26F2N4O3.2ClH/c1-31-17-9-19-18(21(26)12-29-24(19)20(25)10-17)4-7-30-5-2-15(3-6-30)27-11-16-8-22-23(13-28-16)33-14-32-22;;/h8-10,12-13,15,27H,2-7,11,14H2,1H3;2*1H. The van der Waals surface area contributed by atoms with Crippen LogP contribution in [0.1, 0.15) is 24.1 Å². The molecular formula is C24H28Cl2F2N4O3. The average Bonchev–Trinajstić information content (AvgIpc) is 3.30. The predicted octanol–water partition coefficient (Wildman–Crippen LogP) is 4.29. The lowest BCUT2D eigenvalue weighted by Crippen LogP contribution is -2.43. The van der Waals surface area contributed by atoms with Crippen molar-refractivity contribution in [2.24, 2.45) is 0 Å². The summed E-state index contributed by atoms with van der Waals surface area (Å²) in [4.78, 5) is 10.7. The zero-order chi connectivity index (χ0) is 22.8. The van der Waals surface area contributed by atoms with E-state index in [1.54, 1.807) is 12.3 Å². The van der Waals surface area contributed by atoms with E-state index in [1.165, 1.54) is 13.2 Å². The molecule has 0 amide bonds. The molecule has 0 spiro atoms. The van der Waals surface area contributed by atoms with Crippen LogP contribution in [0.5, 0.6) is 17.2 Å². The minimum atomic E-state index is -0.505. The molecule has 0 atom stereocenters. The van der Waals surface area contributed by atoms with Crippen LogP contribution < -0.4 is 19.5 Å². The Morgan fingerprint density at radius 3 is 2.57 bits per heavy atom. The number of rotatable bonds is 7. The maximum atomic E-state index is 14.6. The Labute approximate surface area is 215 Å². The minimum absolute atomic E-state index is 0. The molecule has 2 aromatic heterocycles. The van der Waals surface area contributed by atoms with Crippen LogP contribution in [0.15, 0.2) is 30.6 Å². The molecule has 0 saturated carbocycles. The van der Waals surface area contributed by atoms with Crippen molar-refractivity contribution >= 4 is 35.7 Å². The van der Waals surface area contributed by atoms with Crippen molar-refractivity contribution in [3.8, 4) is 17.2 Å². The molecular weight excluding hydrogens is 501 g/mol. The van der Waals surface area contributed by atoms with Gasteiger partial charge in [0.1, 0.15) is 17.1 Å². The summed E-state index contributed by atoms with van der Waals surface area (Å²) in [6.07, 6.45) is 5.27. The largest absolute Gasteiger partial charge is 0.497 e. The Morgan fingerprint density at radius 1 is 1.03 bits per heavy atom. The van der Waals surface area contributed by atoms with Crippen LogP contribution in [-0.2, 0) is 13.0 Å². The molecule has 2 aliphatic rings. The first-order valence-corrected chi connectivity index (χ1v) is 11.1. The number of ether oxygens (including phenoxy) is 3. The SMILES string of the molecule is COc1cc(F)c2ncc(F)c(CCN3CCC(NCc4cc5c(cn4)OCO5)CC3)c2c1.Cl.Cl. The molecule has 1 aromatic carbocycles. The van der Waals surface area contributed by atoms with Gasteiger partial charge in [0.15, 0.2) is 17.3 Å². The van der Waals surface area contributed by atoms with Gasteiger partial charge in [0, 0.05) is 42.2 Å². The quantitative estimate of drug-likeness (QED) is 0.490. The number of hydrogen-bond donors (Lipinski definition) is 1. The van der Waals surface area contributed by atoms with Crippen molar-refractivity contribution in [2.75, 3.05) is 33.5 Å². The third-order valence-electron chi connectivity index (χ3n) is 6.35. The predicted molar refractivity (Wildman–Crippen MR) is 133 cm³/mol. The number of likely N-dealkylation sites (tertiary alicyclic amines) is 1. The van der Waals surface area contributed by atoms with Crippen molar-refractivity contribution in [1.29, 1.82) is 0 Å². The van der Waals surface area contributed by atoms with E-state index in [0.717, 1.165) is 43.6 Å². The van der Waals surface area contributed by atoms with Gasteiger partial charge in [-0.1, -0.05) is 0 Å². The van der Waals surface area contributed by atoms with Gasteiger partial charge in [0.2, 0.25) is 6.79 Å². The number of benzene rings is 1. The van der Waals surface area contributed by atoms with Crippen LogP contribution >= 0.6 is 24.8 Å². The number of nitrogens with one attached hydrogen (secondary N) is 1. The van der Waals surface area contributed by atoms with E-state index in [4.69, 9.17) is 14.2 Å². The molecule has 1 fully saturated rings. The highest BCUT2D eigenvalue weighted by Gasteiger charge is 2.21. The summed E-state index contributed by atoms with van der Waals surface area (Å²) >= 11 is 0. The molecule has 0 bridgehead atoms. The highest BCUT2D eigenvalue weighted by molar-refractivity contribution is 5.86. The molecule has 11 heteroatoms. The molecule has 190 valence electrons. The molecule has 0 unspecified atom stereocenters. The first-order chi connectivity index (χ1) is 16.1. The summed E-state index contributed by atoms with van der Waals surface area (Å²) in [5.41, 5.74) is 1.57. The zero-order valence-electron chi connectivity index (χ0n) is 19.3. The second kappa shape index (κ2) is 12.0. The fourth-order valence-electron chi connectivity index (χ4n) is 4.45. The normalized spacial score (nSPS) is 15.5. The third kappa shape index (κ3) is 6.03. The molecule has 1 N–H and O–H groups in total. The van der Waals surface area contributed by atoms with Gasteiger partial charge in [-0.3, -0.25) is 9.97 Å². The van der Waals surface area contributed by atoms with E-state index < -0.39 is 11.6 Å². The Hall–Kier alpha value is -2.46. The van der Waals surface area contributed by atoms with E-state index >= 15 is 0 Å². The lowest BCUT2D eigenvalue weighted by molar-refractivity contribution is 0.173. The maximum absolute atomic E-state index is 14.6. The number of halogens is 4. The number of hydrogen-bond acceptors (Lipinski definition) is 7. The monoisotopic (exact) mass is 528 g/mol. The number of pyridine rings is 2. The van der Waals surface area contributed by atoms with Crippen LogP contribution in [0.4, 0.5) is 8.78 Å². The Balaban J connectivity index is 0.00000171. The van der Waals surface area contributed by atoms with E-state index in [0.29, 0.717) is 48.0 Å². The van der Waals surface area contributed by atoms with Gasteiger partial charge in [-0.25, -0.2) is 8.78 Å². The van der Waals surface area contributed by atoms with Gasteiger partial charge >= 0.3 is 0 Å². The molecule has 1 saturated heterocycles. The Morgan fingerprint density at radius 2 is 1.80 bits per heavy atom. The molecule has 0 radical (unpaired) electrons. The first-order valence-electron chi connectivity index (χ1n) is 11.1. The molecule has 5 rings (SSSR count). The van der Waals surface area contributed by atoms with E-state index in [1.807, 2.05) is 6.07 Å². The van der Waals surface area contributed by atoms with Gasteiger partial charge < -0.3 is 24.4 Å². The minimum Gasteiger partial charge on any atom is -0.497 e. The highest BCUT2D eigenvalue weighted by atomic mass is 35.5. The van der Waals surface area contributed by atoms with Crippen molar-refractivity contribution in [3.05, 3.63) is 53.5 Å². The fraction of sp³-hybridized carbons (Fsp3) is 0.417. The lowest BCUT2D eigenvalue weighted by atomic mass is 10.0. The second-order valence-electron chi connectivity index (χ2n) is 8.37. The molecule has 7 nitrogen and oxygen atoms in total. The Bertz CT molecular complexity index is 1160. The van der Waals surface area contributed by atoms with Gasteiger partial charge in [0.25, 0.3) is 0 Å². The molecule has 0 aliphatic carbocycles.